The minimum absolute atomic E-state index is 0. The number of nitrogens with one attached hydrogen (secondary N) is 1. The van der Waals surface area contributed by atoms with Crippen LogP contribution in [0.4, 0.5) is 10.1 Å². The van der Waals surface area contributed by atoms with Crippen LogP contribution in [-0.2, 0) is 9.59 Å². The molecule has 5 nitrogen and oxygen atoms in total. The van der Waals surface area contributed by atoms with E-state index in [4.69, 9.17) is 0 Å². The molecule has 0 spiro atoms. The summed E-state index contributed by atoms with van der Waals surface area (Å²) in [6, 6.07) is 5.72. The fourth-order valence-corrected chi connectivity index (χ4v) is 2.94. The monoisotopic (exact) mass is 355 g/mol. The van der Waals surface area contributed by atoms with Crippen molar-refractivity contribution in [3.8, 4) is 0 Å². The number of para-hydroxylation sites is 1. The number of carbonyl (C=O) groups excluding carboxylic acids is 2. The maximum Gasteiger partial charge on any atom is 0.249 e. The standard InChI is InChI=1S/C17H22FN3O2.ClH/c1-20(16(22)11-19-10-12-6-7-12)15-8-9-21(17(15)23)14-5-3-2-4-13(14)18;/h2-5,12,15,19H,6-11H2,1H3;1H. The van der Waals surface area contributed by atoms with E-state index in [1.807, 2.05) is 0 Å². The number of carbonyl (C=O) groups is 2. The van der Waals surface area contributed by atoms with Crippen molar-refractivity contribution in [3.05, 3.63) is 30.1 Å². The Kier molecular flexibility index (Phi) is 6.18. The topological polar surface area (TPSA) is 52.7 Å². The summed E-state index contributed by atoms with van der Waals surface area (Å²) in [5.74, 6) is -0.0214. The lowest BCUT2D eigenvalue weighted by Gasteiger charge is -2.24. The molecule has 1 unspecified atom stereocenters. The van der Waals surface area contributed by atoms with Gasteiger partial charge in [-0.3, -0.25) is 9.59 Å². The highest BCUT2D eigenvalue weighted by Gasteiger charge is 2.37. The minimum atomic E-state index is -0.509. The first-order valence-corrected chi connectivity index (χ1v) is 8.10. The van der Waals surface area contributed by atoms with E-state index in [2.05, 4.69) is 5.32 Å². The highest BCUT2D eigenvalue weighted by Crippen LogP contribution is 2.28. The Hall–Kier alpha value is -1.66. The molecule has 1 aliphatic heterocycles. The van der Waals surface area contributed by atoms with E-state index in [0.29, 0.717) is 18.9 Å². The van der Waals surface area contributed by atoms with E-state index in [1.165, 1.54) is 28.7 Å². The zero-order valence-corrected chi connectivity index (χ0v) is 14.5. The van der Waals surface area contributed by atoms with E-state index in [-0.39, 0.29) is 36.5 Å². The van der Waals surface area contributed by atoms with Crippen molar-refractivity contribution < 1.29 is 14.0 Å². The molecular formula is C17H23ClFN3O2. The Morgan fingerprint density at radius 1 is 1.33 bits per heavy atom. The van der Waals surface area contributed by atoms with Crippen LogP contribution in [0.2, 0.25) is 0 Å². The molecule has 1 N–H and O–H groups in total. The largest absolute Gasteiger partial charge is 0.333 e. The number of anilines is 1. The predicted molar refractivity (Wildman–Crippen MR) is 92.8 cm³/mol. The van der Waals surface area contributed by atoms with Crippen molar-refractivity contribution in [2.45, 2.75) is 25.3 Å². The number of nitrogens with zero attached hydrogens (tertiary/aromatic N) is 2. The summed E-state index contributed by atoms with van der Waals surface area (Å²) in [4.78, 5) is 27.7. The fourth-order valence-electron chi connectivity index (χ4n) is 2.94. The quantitative estimate of drug-likeness (QED) is 0.846. The Balaban J connectivity index is 0.00000208. The SMILES string of the molecule is CN(C(=O)CNCC1CC1)C1CCN(c2ccccc2F)C1=O.Cl. The first kappa shape index (κ1) is 18.7. The van der Waals surface area contributed by atoms with Crippen LogP contribution in [0.5, 0.6) is 0 Å². The number of hydrogen-bond acceptors (Lipinski definition) is 3. The van der Waals surface area contributed by atoms with Crippen LogP contribution in [0.1, 0.15) is 19.3 Å². The molecule has 1 atom stereocenters. The van der Waals surface area contributed by atoms with E-state index in [1.54, 1.807) is 25.2 Å². The number of hydrogen-bond donors (Lipinski definition) is 1. The van der Waals surface area contributed by atoms with Crippen molar-refractivity contribution >= 4 is 29.9 Å². The van der Waals surface area contributed by atoms with Gasteiger partial charge in [-0.05, 0) is 43.9 Å². The van der Waals surface area contributed by atoms with Crippen LogP contribution in [0, 0.1) is 11.7 Å². The second-order valence-corrected chi connectivity index (χ2v) is 6.32. The Labute approximate surface area is 147 Å². The average molecular weight is 356 g/mol. The van der Waals surface area contributed by atoms with Crippen LogP contribution >= 0.6 is 12.4 Å². The maximum atomic E-state index is 13.9. The van der Waals surface area contributed by atoms with Gasteiger partial charge < -0.3 is 15.1 Å². The van der Waals surface area contributed by atoms with Crippen molar-refractivity contribution in [2.24, 2.45) is 5.92 Å². The van der Waals surface area contributed by atoms with Crippen molar-refractivity contribution in [2.75, 3.05) is 31.6 Å². The highest BCUT2D eigenvalue weighted by molar-refractivity contribution is 6.01. The van der Waals surface area contributed by atoms with Gasteiger partial charge in [-0.25, -0.2) is 4.39 Å². The van der Waals surface area contributed by atoms with Gasteiger partial charge in [-0.2, -0.15) is 0 Å². The summed E-state index contributed by atoms with van der Waals surface area (Å²) in [5.41, 5.74) is 0.285. The lowest BCUT2D eigenvalue weighted by atomic mass is 10.2. The zero-order valence-electron chi connectivity index (χ0n) is 13.7. The van der Waals surface area contributed by atoms with E-state index in [9.17, 15) is 14.0 Å². The Morgan fingerprint density at radius 2 is 2.04 bits per heavy atom. The third-order valence-electron chi connectivity index (χ3n) is 4.59. The smallest absolute Gasteiger partial charge is 0.249 e. The zero-order chi connectivity index (χ0) is 16.4. The summed E-state index contributed by atoms with van der Waals surface area (Å²) in [7, 11) is 1.65. The number of halogens is 2. The van der Waals surface area contributed by atoms with Gasteiger partial charge in [0.05, 0.1) is 12.2 Å². The second kappa shape index (κ2) is 7.94. The Morgan fingerprint density at radius 3 is 2.71 bits per heavy atom. The molecule has 1 saturated heterocycles. The second-order valence-electron chi connectivity index (χ2n) is 6.32. The molecule has 1 aromatic carbocycles. The van der Waals surface area contributed by atoms with Crippen LogP contribution in [0.15, 0.2) is 24.3 Å². The molecule has 24 heavy (non-hydrogen) atoms. The molecule has 1 aromatic rings. The van der Waals surface area contributed by atoms with Gasteiger partial charge >= 0.3 is 0 Å². The molecule has 1 heterocycles. The van der Waals surface area contributed by atoms with Gasteiger partial charge in [-0.15, -0.1) is 12.4 Å². The Bertz CT molecular complexity index is 609. The van der Waals surface area contributed by atoms with Crippen molar-refractivity contribution in [1.82, 2.24) is 10.2 Å². The summed E-state index contributed by atoms with van der Waals surface area (Å²) in [6.07, 6.45) is 2.99. The van der Waals surface area contributed by atoms with Crippen LogP contribution in [0.25, 0.3) is 0 Å². The van der Waals surface area contributed by atoms with Gasteiger partial charge in [0.2, 0.25) is 11.8 Å². The maximum absolute atomic E-state index is 13.9. The first-order chi connectivity index (χ1) is 11.1. The van der Waals surface area contributed by atoms with Gasteiger partial charge in [0.25, 0.3) is 0 Å². The minimum Gasteiger partial charge on any atom is -0.333 e. The molecule has 2 fully saturated rings. The summed E-state index contributed by atoms with van der Waals surface area (Å²) in [6.45, 7) is 1.54. The van der Waals surface area contributed by atoms with Gasteiger partial charge in [0, 0.05) is 13.6 Å². The molecule has 0 bridgehead atoms. The summed E-state index contributed by atoms with van der Waals surface area (Å²) >= 11 is 0. The molecule has 0 aromatic heterocycles. The lowest BCUT2D eigenvalue weighted by molar-refractivity contribution is -0.135. The molecule has 1 saturated carbocycles. The third-order valence-corrected chi connectivity index (χ3v) is 4.59. The van der Waals surface area contributed by atoms with E-state index >= 15 is 0 Å². The number of amides is 2. The van der Waals surface area contributed by atoms with Crippen LogP contribution < -0.4 is 10.2 Å². The molecule has 3 rings (SSSR count). The van der Waals surface area contributed by atoms with Gasteiger partial charge in [0.15, 0.2) is 0 Å². The molecule has 7 heteroatoms. The third kappa shape index (κ3) is 4.05. The van der Waals surface area contributed by atoms with E-state index in [0.717, 1.165) is 6.54 Å². The molecule has 2 aliphatic rings. The molecule has 132 valence electrons. The average Bonchev–Trinajstić information content (AvgIpc) is 3.29. The normalized spacial score (nSPS) is 20.0. The molecule has 0 radical (unpaired) electrons. The van der Waals surface area contributed by atoms with Crippen LogP contribution in [-0.4, -0.2) is 49.4 Å². The molecule has 1 aliphatic carbocycles. The van der Waals surface area contributed by atoms with Gasteiger partial charge in [0.1, 0.15) is 11.9 Å². The molecule has 2 amide bonds. The van der Waals surface area contributed by atoms with E-state index < -0.39 is 11.9 Å². The van der Waals surface area contributed by atoms with Crippen LogP contribution in [0.3, 0.4) is 0 Å². The van der Waals surface area contributed by atoms with Gasteiger partial charge in [-0.1, -0.05) is 12.1 Å². The summed E-state index contributed by atoms with van der Waals surface area (Å²) < 4.78 is 13.9. The fraction of sp³-hybridized carbons (Fsp3) is 0.529. The number of benzene rings is 1. The van der Waals surface area contributed by atoms with Crippen molar-refractivity contribution in [1.29, 1.82) is 0 Å². The molecular weight excluding hydrogens is 333 g/mol. The lowest BCUT2D eigenvalue weighted by Crippen LogP contribution is -2.46. The number of rotatable bonds is 6. The first-order valence-electron chi connectivity index (χ1n) is 8.10. The predicted octanol–water partition coefficient (Wildman–Crippen LogP) is 1.81. The van der Waals surface area contributed by atoms with Crippen molar-refractivity contribution in [3.63, 3.8) is 0 Å². The number of likely N-dealkylation sites (N-methyl/N-ethyl adjacent to an activating group) is 1. The highest BCUT2D eigenvalue weighted by atomic mass is 35.5. The summed E-state index contributed by atoms with van der Waals surface area (Å²) in [5, 5.41) is 3.14.